The van der Waals surface area contributed by atoms with Gasteiger partial charge in [-0.05, 0) is 29.7 Å². The molecular formula is C28H25ClN6O3. The van der Waals surface area contributed by atoms with E-state index in [0.717, 1.165) is 11.3 Å². The first kappa shape index (κ1) is 25.4. The number of aryl methyl sites for hydroxylation is 1. The molecule has 9 nitrogen and oxygen atoms in total. The number of benzene rings is 1. The third kappa shape index (κ3) is 4.07. The van der Waals surface area contributed by atoms with Crippen LogP contribution in [0.4, 0.5) is 0 Å². The molecule has 3 heterocycles. The summed E-state index contributed by atoms with van der Waals surface area (Å²) in [6.45, 7) is 5.97. The van der Waals surface area contributed by atoms with Gasteiger partial charge in [0.25, 0.3) is 5.91 Å². The Morgan fingerprint density at radius 2 is 1.97 bits per heavy atom. The van der Waals surface area contributed by atoms with Gasteiger partial charge in [-0.15, -0.1) is 0 Å². The minimum absolute atomic E-state index is 0.0741. The Hall–Kier alpha value is -4.29. The number of ketones is 1. The van der Waals surface area contributed by atoms with E-state index in [-0.39, 0.29) is 29.5 Å². The number of carbonyl (C=O) groups excluding carboxylic acids is 2. The number of nitriles is 1. The molecule has 192 valence electrons. The molecule has 38 heavy (non-hydrogen) atoms. The average Bonchev–Trinajstić information content (AvgIpc) is 3.44. The molecule has 10 heteroatoms. The molecule has 1 aromatic carbocycles. The van der Waals surface area contributed by atoms with Crippen LogP contribution < -0.4 is 4.74 Å². The molecule has 1 aliphatic carbocycles. The Kier molecular flexibility index (Phi) is 6.59. The van der Waals surface area contributed by atoms with Crippen molar-refractivity contribution in [2.75, 3.05) is 7.11 Å². The van der Waals surface area contributed by atoms with Crippen LogP contribution in [0.25, 0.3) is 5.69 Å². The molecule has 0 fully saturated rings. The van der Waals surface area contributed by atoms with Crippen molar-refractivity contribution < 1.29 is 14.3 Å². The first-order valence-electron chi connectivity index (χ1n) is 12.3. The predicted octanol–water partition coefficient (Wildman–Crippen LogP) is 4.75. The molecule has 0 saturated heterocycles. The van der Waals surface area contributed by atoms with Crippen molar-refractivity contribution >= 4 is 23.3 Å². The zero-order chi connectivity index (χ0) is 27.1. The lowest BCUT2D eigenvalue weighted by atomic mass is 9.93. The van der Waals surface area contributed by atoms with Crippen LogP contribution in [0.15, 0.2) is 53.3 Å². The van der Waals surface area contributed by atoms with E-state index in [4.69, 9.17) is 21.4 Å². The molecule has 0 saturated carbocycles. The zero-order valence-electron chi connectivity index (χ0n) is 21.4. The summed E-state index contributed by atoms with van der Waals surface area (Å²) in [6.07, 6.45) is 5.53. The monoisotopic (exact) mass is 528 g/mol. The molecule has 2 aliphatic rings. The number of aromatic nitrogens is 4. The second-order valence-corrected chi connectivity index (χ2v) is 9.74. The van der Waals surface area contributed by atoms with Crippen LogP contribution in [0, 0.1) is 11.3 Å². The van der Waals surface area contributed by atoms with Crippen LogP contribution in [0.2, 0.25) is 0 Å². The fourth-order valence-electron chi connectivity index (χ4n) is 4.90. The molecule has 3 aromatic rings. The maximum atomic E-state index is 14.0. The summed E-state index contributed by atoms with van der Waals surface area (Å²) < 4.78 is 7.24. The molecule has 1 unspecified atom stereocenters. The maximum Gasteiger partial charge on any atom is 0.280 e. The minimum Gasteiger partial charge on any atom is -0.479 e. The van der Waals surface area contributed by atoms with Crippen molar-refractivity contribution in [2.45, 2.75) is 45.6 Å². The molecule has 0 spiro atoms. The van der Waals surface area contributed by atoms with E-state index < -0.39 is 11.9 Å². The van der Waals surface area contributed by atoms with Gasteiger partial charge in [-0.3, -0.25) is 14.5 Å². The summed E-state index contributed by atoms with van der Waals surface area (Å²) in [5.41, 5.74) is 3.62. The van der Waals surface area contributed by atoms with E-state index in [1.54, 1.807) is 41.2 Å². The second kappa shape index (κ2) is 9.88. The Bertz CT molecular complexity index is 1560. The van der Waals surface area contributed by atoms with Crippen molar-refractivity contribution in [3.63, 3.8) is 0 Å². The van der Waals surface area contributed by atoms with Crippen molar-refractivity contribution in [1.82, 2.24) is 24.6 Å². The molecule has 0 radical (unpaired) electrons. The minimum atomic E-state index is -0.656. The van der Waals surface area contributed by atoms with E-state index in [9.17, 15) is 14.9 Å². The van der Waals surface area contributed by atoms with E-state index in [0.29, 0.717) is 40.0 Å². The second-order valence-electron chi connectivity index (χ2n) is 9.31. The highest BCUT2D eigenvalue weighted by molar-refractivity contribution is 6.32. The lowest BCUT2D eigenvalue weighted by Gasteiger charge is -2.30. The van der Waals surface area contributed by atoms with Gasteiger partial charge < -0.3 is 4.74 Å². The number of methoxy groups -OCH3 is 1. The number of nitrogens with zero attached hydrogens (tertiary/aromatic N) is 6. The van der Waals surface area contributed by atoms with Gasteiger partial charge in [-0.2, -0.15) is 15.3 Å². The van der Waals surface area contributed by atoms with Gasteiger partial charge in [0.1, 0.15) is 11.5 Å². The molecule has 2 aromatic heterocycles. The number of allylic oxidation sites excluding steroid dienone is 4. The summed E-state index contributed by atoms with van der Waals surface area (Å²) in [7, 11) is 1.53. The van der Waals surface area contributed by atoms with Crippen LogP contribution in [0.1, 0.15) is 77.8 Å². The molecular weight excluding hydrogens is 504 g/mol. The first-order valence-corrected chi connectivity index (χ1v) is 12.6. The van der Waals surface area contributed by atoms with Gasteiger partial charge in [0.2, 0.25) is 5.88 Å². The number of fused-ring (bicyclic) bond motifs is 1. The quantitative estimate of drug-likeness (QED) is 0.453. The molecule has 1 aliphatic heterocycles. The van der Waals surface area contributed by atoms with Crippen LogP contribution in [0.5, 0.6) is 5.88 Å². The van der Waals surface area contributed by atoms with Gasteiger partial charge in [0, 0.05) is 23.4 Å². The number of Topliss-reactive ketones (excluding diaryl/α,β-unsaturated/α-hetero) is 1. The highest BCUT2D eigenvalue weighted by Crippen LogP contribution is 2.46. The average molecular weight is 529 g/mol. The van der Waals surface area contributed by atoms with E-state index in [1.807, 2.05) is 20.8 Å². The van der Waals surface area contributed by atoms with E-state index >= 15 is 0 Å². The van der Waals surface area contributed by atoms with Crippen molar-refractivity contribution in [3.8, 4) is 17.6 Å². The molecule has 0 N–H and O–H groups in total. The number of hydrogen-bond donors (Lipinski definition) is 0. The van der Waals surface area contributed by atoms with E-state index in [1.165, 1.54) is 18.1 Å². The fourth-order valence-corrected chi connectivity index (χ4v) is 5.08. The third-order valence-electron chi connectivity index (χ3n) is 6.64. The summed E-state index contributed by atoms with van der Waals surface area (Å²) in [5, 5.41) is 14.5. The summed E-state index contributed by atoms with van der Waals surface area (Å²) in [4.78, 5) is 37.4. The van der Waals surface area contributed by atoms with Crippen molar-refractivity contribution in [2.24, 2.45) is 0 Å². The number of hydrogen-bond acceptors (Lipinski definition) is 7. The smallest absolute Gasteiger partial charge is 0.280 e. The number of ether oxygens (including phenoxy) is 1. The van der Waals surface area contributed by atoms with Gasteiger partial charge in [-0.25, -0.2) is 9.67 Å². The molecule has 5 rings (SSSR count). The van der Waals surface area contributed by atoms with Gasteiger partial charge in [0.05, 0.1) is 42.4 Å². The highest BCUT2D eigenvalue weighted by atomic mass is 35.5. The standard InChI is InChI=1S/C28H25ClN6O3/c1-5-22-31-14-20(27(32-22)38-4)35-25(15(2)3)23-24(33-35)28(37)34(19-12-18(29)10-11-21(19)36)26(23)17-8-6-16(13-30)7-9-17/h6-10,12,14-15,26H,5,11H2,1-4H3. The van der Waals surface area contributed by atoms with Crippen LogP contribution in [-0.2, 0) is 11.2 Å². The first-order chi connectivity index (χ1) is 18.3. The summed E-state index contributed by atoms with van der Waals surface area (Å²) in [6, 6.07) is 8.45. The van der Waals surface area contributed by atoms with Crippen LogP contribution in [-0.4, -0.2) is 43.4 Å². The predicted molar refractivity (Wildman–Crippen MR) is 140 cm³/mol. The number of carbonyl (C=O) groups is 2. The number of amides is 1. The van der Waals surface area contributed by atoms with Crippen LogP contribution >= 0.6 is 11.6 Å². The summed E-state index contributed by atoms with van der Waals surface area (Å²) >= 11 is 6.28. The van der Waals surface area contributed by atoms with Gasteiger partial charge in [-0.1, -0.05) is 50.6 Å². The Morgan fingerprint density at radius 3 is 2.61 bits per heavy atom. The van der Waals surface area contributed by atoms with Crippen molar-refractivity contribution in [1.29, 1.82) is 5.26 Å². The van der Waals surface area contributed by atoms with Crippen LogP contribution in [0.3, 0.4) is 0 Å². The Balaban J connectivity index is 1.77. The van der Waals surface area contributed by atoms with Crippen molar-refractivity contribution in [3.05, 3.63) is 87.2 Å². The Morgan fingerprint density at radius 1 is 1.24 bits per heavy atom. The SMILES string of the molecule is CCc1ncc(-n2nc3c(c2C(C)C)C(c2ccc(C#N)cc2)N(C2=CC(Cl)=CCC2=O)C3=O)c(OC)n1. The molecule has 1 atom stereocenters. The molecule has 1 amide bonds. The zero-order valence-corrected chi connectivity index (χ0v) is 22.2. The third-order valence-corrected chi connectivity index (χ3v) is 6.90. The lowest BCUT2D eigenvalue weighted by Crippen LogP contribution is -2.34. The number of halogens is 1. The Labute approximate surface area is 225 Å². The molecule has 0 bridgehead atoms. The van der Waals surface area contributed by atoms with E-state index in [2.05, 4.69) is 16.0 Å². The maximum absolute atomic E-state index is 14.0. The fraction of sp³-hybridized carbons (Fsp3) is 0.286. The lowest BCUT2D eigenvalue weighted by molar-refractivity contribution is -0.116. The summed E-state index contributed by atoms with van der Waals surface area (Å²) in [5.74, 6) is 0.278. The largest absolute Gasteiger partial charge is 0.479 e. The highest BCUT2D eigenvalue weighted by Gasteiger charge is 2.47. The number of rotatable bonds is 6. The van der Waals surface area contributed by atoms with Gasteiger partial charge >= 0.3 is 0 Å². The van der Waals surface area contributed by atoms with Gasteiger partial charge in [0.15, 0.2) is 11.5 Å². The topological polar surface area (TPSA) is 114 Å². The normalized spacial score (nSPS) is 16.9.